The van der Waals surface area contributed by atoms with E-state index in [9.17, 15) is 4.79 Å². The summed E-state index contributed by atoms with van der Waals surface area (Å²) >= 11 is 0. The summed E-state index contributed by atoms with van der Waals surface area (Å²) in [6.45, 7) is 8.88. The number of hydrogen-bond acceptors (Lipinski definition) is 5. The highest BCUT2D eigenvalue weighted by Gasteiger charge is 2.67. The number of methoxy groups -OCH3 is 1. The second-order valence-electron chi connectivity index (χ2n) is 9.87. The first-order valence-electron chi connectivity index (χ1n) is 11.2. The van der Waals surface area contributed by atoms with Crippen LogP contribution in [-0.2, 0) is 21.5 Å². The van der Waals surface area contributed by atoms with Crippen LogP contribution in [0.3, 0.4) is 0 Å². The molecule has 1 aromatic rings. The highest BCUT2D eigenvalue weighted by Crippen LogP contribution is 2.62. The summed E-state index contributed by atoms with van der Waals surface area (Å²) < 4.78 is 11.6. The summed E-state index contributed by atoms with van der Waals surface area (Å²) in [5.74, 6) is 1.59. The van der Waals surface area contributed by atoms with Gasteiger partial charge in [0.2, 0.25) is 0 Å². The second-order valence-corrected chi connectivity index (χ2v) is 9.87. The van der Waals surface area contributed by atoms with Gasteiger partial charge in [-0.15, -0.1) is 0 Å². The second kappa shape index (κ2) is 7.56. The van der Waals surface area contributed by atoms with Crippen LogP contribution in [0.5, 0.6) is 5.75 Å². The smallest absolute Gasteiger partial charge is 0.262 e. The normalized spacial score (nSPS) is 30.6. The molecular weight excluding hydrogens is 378 g/mol. The van der Waals surface area contributed by atoms with Crippen LogP contribution in [0.2, 0.25) is 0 Å². The van der Waals surface area contributed by atoms with E-state index < -0.39 is 5.54 Å². The van der Waals surface area contributed by atoms with E-state index in [0.717, 1.165) is 43.4 Å². The van der Waals surface area contributed by atoms with Gasteiger partial charge in [0.1, 0.15) is 5.75 Å². The highest BCUT2D eigenvalue weighted by atomic mass is 16.5. The van der Waals surface area contributed by atoms with Crippen molar-refractivity contribution in [1.82, 2.24) is 4.90 Å². The molecule has 4 rings (SSSR count). The van der Waals surface area contributed by atoms with Crippen molar-refractivity contribution >= 4 is 11.9 Å². The fourth-order valence-corrected chi connectivity index (χ4v) is 5.67. The minimum atomic E-state index is -0.952. The lowest BCUT2D eigenvalue weighted by Gasteiger charge is -2.45. The van der Waals surface area contributed by atoms with Gasteiger partial charge in [0.25, 0.3) is 5.91 Å². The van der Waals surface area contributed by atoms with Gasteiger partial charge in [-0.25, -0.2) is 4.99 Å². The number of ether oxygens (including phenoxy) is 2. The van der Waals surface area contributed by atoms with Gasteiger partial charge < -0.3 is 15.2 Å². The third-order valence-electron chi connectivity index (χ3n) is 7.15. The summed E-state index contributed by atoms with van der Waals surface area (Å²) in [5, 5.41) is 0. The van der Waals surface area contributed by atoms with E-state index in [2.05, 4.69) is 19.9 Å². The van der Waals surface area contributed by atoms with Gasteiger partial charge in [-0.05, 0) is 75.1 Å². The molecule has 1 aromatic carbocycles. The predicted octanol–water partition coefficient (Wildman–Crippen LogP) is 3.61. The van der Waals surface area contributed by atoms with Crippen molar-refractivity contribution in [3.63, 3.8) is 0 Å². The molecule has 0 aromatic heterocycles. The number of benzene rings is 1. The lowest BCUT2D eigenvalue weighted by molar-refractivity contribution is -0.139. The number of nitrogens with zero attached hydrogens (tertiary/aromatic N) is 2. The first kappa shape index (κ1) is 21.2. The molecule has 1 aliphatic heterocycles. The molecule has 1 amide bonds. The Morgan fingerprint density at radius 1 is 1.23 bits per heavy atom. The number of guanidine groups is 1. The Morgan fingerprint density at radius 3 is 2.50 bits per heavy atom. The number of carbonyl (C=O) groups excluding carboxylic acids is 1. The molecule has 0 bridgehead atoms. The maximum Gasteiger partial charge on any atom is 0.262 e. The van der Waals surface area contributed by atoms with Gasteiger partial charge in [-0.1, -0.05) is 19.9 Å². The lowest BCUT2D eigenvalue weighted by atomic mass is 9.61. The summed E-state index contributed by atoms with van der Waals surface area (Å²) in [6, 6.07) is 6.17. The number of rotatable bonds is 5. The standard InChI is InChI=1S/C24H35N3O3/c1-15(2)14-30-19-7-6-17-13-23(10-8-18(29-5)9-11-23)24(20(17)12-19)21(28)27(16(3)4)22(25)26-24/h6-7,12,15-16,18H,8-11,13-14H2,1-5H3,(H2,25,26)/t18-,23-,24?. The molecule has 2 N–H and O–H groups in total. The van der Waals surface area contributed by atoms with Gasteiger partial charge in [0.05, 0.1) is 12.7 Å². The number of nitrogens with two attached hydrogens (primary N) is 1. The summed E-state index contributed by atoms with van der Waals surface area (Å²) in [5.41, 5.74) is 7.33. The van der Waals surface area contributed by atoms with E-state index in [-0.39, 0.29) is 23.5 Å². The van der Waals surface area contributed by atoms with Crippen LogP contribution in [0.15, 0.2) is 23.2 Å². The van der Waals surface area contributed by atoms with Crippen LogP contribution in [0.4, 0.5) is 0 Å². The first-order valence-corrected chi connectivity index (χ1v) is 11.2. The van der Waals surface area contributed by atoms with Crippen molar-refractivity contribution in [2.45, 2.75) is 77.5 Å². The molecular formula is C24H35N3O3. The van der Waals surface area contributed by atoms with Crippen molar-refractivity contribution in [3.05, 3.63) is 29.3 Å². The number of carbonyl (C=O) groups is 1. The zero-order valence-electron chi connectivity index (χ0n) is 18.9. The molecule has 0 saturated heterocycles. The molecule has 1 atom stereocenters. The van der Waals surface area contributed by atoms with Crippen LogP contribution in [0, 0.1) is 11.3 Å². The van der Waals surface area contributed by atoms with Gasteiger partial charge in [0.15, 0.2) is 11.5 Å². The fraction of sp³-hybridized carbons (Fsp3) is 0.667. The third kappa shape index (κ3) is 3.03. The van der Waals surface area contributed by atoms with Crippen LogP contribution in [-0.4, -0.2) is 42.6 Å². The Kier molecular flexibility index (Phi) is 5.33. The molecule has 1 saturated carbocycles. The van der Waals surface area contributed by atoms with Crippen molar-refractivity contribution < 1.29 is 14.3 Å². The predicted molar refractivity (Wildman–Crippen MR) is 117 cm³/mol. The van der Waals surface area contributed by atoms with Gasteiger partial charge in [-0.3, -0.25) is 9.69 Å². The lowest BCUT2D eigenvalue weighted by Crippen LogP contribution is -2.53. The van der Waals surface area contributed by atoms with Crippen LogP contribution < -0.4 is 10.5 Å². The number of hydrogen-bond donors (Lipinski definition) is 1. The first-order chi connectivity index (χ1) is 14.2. The number of amides is 1. The molecule has 2 aliphatic carbocycles. The molecule has 3 aliphatic rings. The average molecular weight is 414 g/mol. The van der Waals surface area contributed by atoms with E-state index in [4.69, 9.17) is 20.2 Å². The Balaban J connectivity index is 1.81. The minimum Gasteiger partial charge on any atom is -0.493 e. The Morgan fingerprint density at radius 2 is 1.93 bits per heavy atom. The summed E-state index contributed by atoms with van der Waals surface area (Å²) in [7, 11) is 1.78. The van der Waals surface area contributed by atoms with Crippen LogP contribution in [0.1, 0.15) is 64.5 Å². The number of aliphatic imine (C=N–C) groups is 1. The maximum atomic E-state index is 14.0. The monoisotopic (exact) mass is 413 g/mol. The zero-order chi connectivity index (χ0) is 21.7. The molecule has 1 fully saturated rings. The van der Waals surface area contributed by atoms with E-state index >= 15 is 0 Å². The van der Waals surface area contributed by atoms with Crippen molar-refractivity contribution in [2.75, 3.05) is 13.7 Å². The van der Waals surface area contributed by atoms with Gasteiger partial charge in [-0.2, -0.15) is 0 Å². The molecule has 164 valence electrons. The Hall–Kier alpha value is -2.08. The zero-order valence-corrected chi connectivity index (χ0v) is 18.9. The van der Waals surface area contributed by atoms with E-state index in [0.29, 0.717) is 18.5 Å². The SMILES string of the molecule is CO[C@H]1CC[C@]2(CC1)Cc1ccc(OCC(C)C)cc1C21N=C(N)N(C(C)C)C1=O. The van der Waals surface area contributed by atoms with Crippen LogP contribution >= 0.6 is 0 Å². The van der Waals surface area contributed by atoms with Gasteiger partial charge >= 0.3 is 0 Å². The van der Waals surface area contributed by atoms with Crippen molar-refractivity contribution in [1.29, 1.82) is 0 Å². The Labute approximate surface area is 179 Å². The highest BCUT2D eigenvalue weighted by molar-refractivity contribution is 6.08. The van der Waals surface area contributed by atoms with E-state index in [1.54, 1.807) is 12.0 Å². The molecule has 0 radical (unpaired) electrons. The van der Waals surface area contributed by atoms with E-state index in [1.807, 2.05) is 26.0 Å². The Bertz CT molecular complexity index is 855. The molecule has 30 heavy (non-hydrogen) atoms. The molecule has 2 spiro atoms. The largest absolute Gasteiger partial charge is 0.493 e. The van der Waals surface area contributed by atoms with Gasteiger partial charge in [0, 0.05) is 18.6 Å². The molecule has 6 nitrogen and oxygen atoms in total. The average Bonchev–Trinajstić information content (AvgIpc) is 3.13. The van der Waals surface area contributed by atoms with E-state index in [1.165, 1.54) is 5.56 Å². The summed E-state index contributed by atoms with van der Waals surface area (Å²) in [6.07, 6.45) is 4.77. The molecule has 1 unspecified atom stereocenters. The molecule has 6 heteroatoms. The van der Waals surface area contributed by atoms with Crippen LogP contribution in [0.25, 0.3) is 0 Å². The minimum absolute atomic E-state index is 0.0191. The topological polar surface area (TPSA) is 77.2 Å². The summed E-state index contributed by atoms with van der Waals surface area (Å²) in [4.78, 5) is 20.7. The van der Waals surface area contributed by atoms with Crippen molar-refractivity contribution in [3.8, 4) is 5.75 Å². The maximum absolute atomic E-state index is 14.0. The third-order valence-corrected chi connectivity index (χ3v) is 7.15. The molecule has 1 heterocycles. The quantitative estimate of drug-likeness (QED) is 0.800. The fourth-order valence-electron chi connectivity index (χ4n) is 5.67. The van der Waals surface area contributed by atoms with Crippen molar-refractivity contribution in [2.24, 2.45) is 22.1 Å². The number of fused-ring (bicyclic) bond motifs is 3.